The van der Waals surface area contributed by atoms with E-state index in [0.29, 0.717) is 18.2 Å². The first-order valence-corrected chi connectivity index (χ1v) is 7.21. The van der Waals surface area contributed by atoms with Crippen LogP contribution in [0.1, 0.15) is 25.7 Å². The van der Waals surface area contributed by atoms with Gasteiger partial charge in [-0.1, -0.05) is 0 Å². The third-order valence-corrected chi connectivity index (χ3v) is 4.94. The summed E-state index contributed by atoms with van der Waals surface area (Å²) in [6.45, 7) is 3.23. The summed E-state index contributed by atoms with van der Waals surface area (Å²) in [5.74, 6) is 1.84. The molecule has 1 amide bonds. The highest BCUT2D eigenvalue weighted by Crippen LogP contribution is 2.49. The maximum Gasteiger partial charge on any atom is 0.222 e. The number of thiol groups is 1. The molecule has 98 valence electrons. The van der Waals surface area contributed by atoms with Gasteiger partial charge in [0.15, 0.2) is 0 Å². The van der Waals surface area contributed by atoms with Crippen LogP contribution < -0.4 is 0 Å². The lowest BCUT2D eigenvalue weighted by atomic mass is 10.0. The van der Waals surface area contributed by atoms with Crippen molar-refractivity contribution in [3.05, 3.63) is 0 Å². The van der Waals surface area contributed by atoms with E-state index in [0.717, 1.165) is 18.8 Å². The Labute approximate surface area is 110 Å². The lowest BCUT2D eigenvalue weighted by Crippen LogP contribution is -2.34. The van der Waals surface area contributed by atoms with Crippen molar-refractivity contribution in [3.8, 4) is 0 Å². The summed E-state index contributed by atoms with van der Waals surface area (Å²) < 4.78 is 0. The fraction of sp³-hybridized carbons (Fsp3) is 0.923. The molecule has 1 heterocycles. The number of rotatable bonds is 5. The van der Waals surface area contributed by atoms with E-state index in [1.165, 1.54) is 25.8 Å². The summed E-state index contributed by atoms with van der Waals surface area (Å²) in [6, 6.07) is 0. The topological polar surface area (TPSA) is 23.6 Å². The van der Waals surface area contributed by atoms with Gasteiger partial charge in [-0.3, -0.25) is 4.79 Å². The molecule has 1 aliphatic carbocycles. The van der Waals surface area contributed by atoms with Crippen LogP contribution >= 0.6 is 12.6 Å². The summed E-state index contributed by atoms with van der Waals surface area (Å²) in [6.07, 6.45) is 4.30. The van der Waals surface area contributed by atoms with Gasteiger partial charge in [-0.05, 0) is 49.9 Å². The van der Waals surface area contributed by atoms with E-state index in [1.807, 2.05) is 11.9 Å². The standard InChI is InChI=1S/C13H24N2OS/c1-14-6-3-11(8-14)9-15(2)12(16)7-13(10-17)4-5-13/h11,17H,3-10H2,1-2H3. The largest absolute Gasteiger partial charge is 0.345 e. The zero-order valence-corrected chi connectivity index (χ0v) is 11.9. The van der Waals surface area contributed by atoms with E-state index in [2.05, 4.69) is 24.6 Å². The zero-order valence-electron chi connectivity index (χ0n) is 11.0. The molecule has 2 rings (SSSR count). The Morgan fingerprint density at radius 1 is 1.53 bits per heavy atom. The number of amides is 1. The van der Waals surface area contributed by atoms with Crippen LogP contribution in [0.25, 0.3) is 0 Å². The van der Waals surface area contributed by atoms with Crippen LogP contribution in [-0.2, 0) is 4.79 Å². The number of carbonyl (C=O) groups excluding carboxylic acids is 1. The summed E-state index contributed by atoms with van der Waals surface area (Å²) in [5.41, 5.74) is 0.251. The van der Waals surface area contributed by atoms with Crippen molar-refractivity contribution >= 4 is 18.5 Å². The minimum absolute atomic E-state index is 0.251. The van der Waals surface area contributed by atoms with Gasteiger partial charge in [0.25, 0.3) is 0 Å². The van der Waals surface area contributed by atoms with Crippen molar-refractivity contribution in [3.63, 3.8) is 0 Å². The second kappa shape index (κ2) is 5.19. The predicted octanol–water partition coefficient (Wildman–Crippen LogP) is 1.50. The Morgan fingerprint density at radius 2 is 2.24 bits per heavy atom. The molecule has 0 bridgehead atoms. The smallest absolute Gasteiger partial charge is 0.222 e. The summed E-state index contributed by atoms with van der Waals surface area (Å²) in [5, 5.41) is 0. The maximum atomic E-state index is 12.1. The monoisotopic (exact) mass is 256 g/mol. The number of likely N-dealkylation sites (tertiary alicyclic amines) is 1. The van der Waals surface area contributed by atoms with Gasteiger partial charge < -0.3 is 9.80 Å². The second-order valence-electron chi connectivity index (χ2n) is 6.03. The fourth-order valence-corrected chi connectivity index (χ4v) is 3.12. The molecule has 1 atom stereocenters. The van der Waals surface area contributed by atoms with Gasteiger partial charge in [-0.25, -0.2) is 0 Å². The van der Waals surface area contributed by atoms with E-state index < -0.39 is 0 Å². The van der Waals surface area contributed by atoms with Crippen LogP contribution in [0, 0.1) is 11.3 Å². The van der Waals surface area contributed by atoms with Crippen molar-refractivity contribution in [2.24, 2.45) is 11.3 Å². The number of hydrogen-bond donors (Lipinski definition) is 1. The van der Waals surface area contributed by atoms with E-state index >= 15 is 0 Å². The molecule has 1 aliphatic heterocycles. The quantitative estimate of drug-likeness (QED) is 0.754. The van der Waals surface area contributed by atoms with Gasteiger partial charge in [0, 0.05) is 26.6 Å². The van der Waals surface area contributed by atoms with Crippen molar-refractivity contribution in [1.29, 1.82) is 0 Å². The first-order chi connectivity index (χ1) is 8.04. The van der Waals surface area contributed by atoms with E-state index in [-0.39, 0.29) is 5.41 Å². The molecule has 2 aliphatic rings. The highest BCUT2D eigenvalue weighted by molar-refractivity contribution is 7.80. The average Bonchev–Trinajstić information content (AvgIpc) is 2.95. The Hall–Kier alpha value is -0.220. The van der Waals surface area contributed by atoms with Crippen LogP contribution in [0.5, 0.6) is 0 Å². The molecule has 17 heavy (non-hydrogen) atoms. The highest BCUT2D eigenvalue weighted by Gasteiger charge is 2.43. The average molecular weight is 256 g/mol. The number of hydrogen-bond acceptors (Lipinski definition) is 3. The van der Waals surface area contributed by atoms with Gasteiger partial charge in [0.1, 0.15) is 0 Å². The molecule has 0 aromatic rings. The third-order valence-electron chi connectivity index (χ3n) is 4.27. The van der Waals surface area contributed by atoms with Crippen LogP contribution in [-0.4, -0.2) is 55.2 Å². The molecule has 1 unspecified atom stereocenters. The van der Waals surface area contributed by atoms with Crippen LogP contribution in [0.4, 0.5) is 0 Å². The predicted molar refractivity (Wildman–Crippen MR) is 73.4 cm³/mol. The molecular formula is C13H24N2OS. The van der Waals surface area contributed by atoms with E-state index in [9.17, 15) is 4.79 Å². The molecule has 0 radical (unpaired) electrons. The fourth-order valence-electron chi connectivity index (χ4n) is 2.69. The van der Waals surface area contributed by atoms with E-state index in [4.69, 9.17) is 0 Å². The summed E-state index contributed by atoms with van der Waals surface area (Å²) in [7, 11) is 4.11. The van der Waals surface area contributed by atoms with Crippen molar-refractivity contribution in [2.75, 3.05) is 39.5 Å². The SMILES string of the molecule is CN1CCC(CN(C)C(=O)CC2(CS)CC2)C1. The number of carbonyl (C=O) groups is 1. The molecular weight excluding hydrogens is 232 g/mol. The van der Waals surface area contributed by atoms with Gasteiger partial charge >= 0.3 is 0 Å². The molecule has 0 aromatic heterocycles. The second-order valence-corrected chi connectivity index (χ2v) is 6.34. The zero-order chi connectivity index (χ0) is 12.5. The normalized spacial score (nSPS) is 27.1. The van der Waals surface area contributed by atoms with Crippen molar-refractivity contribution < 1.29 is 4.79 Å². The summed E-state index contributed by atoms with van der Waals surface area (Å²) in [4.78, 5) is 16.4. The van der Waals surface area contributed by atoms with Crippen LogP contribution in [0.3, 0.4) is 0 Å². The Kier molecular flexibility index (Phi) is 4.03. The first kappa shape index (κ1) is 13.2. The highest BCUT2D eigenvalue weighted by atomic mass is 32.1. The lowest BCUT2D eigenvalue weighted by molar-refractivity contribution is -0.131. The van der Waals surface area contributed by atoms with Gasteiger partial charge in [-0.15, -0.1) is 0 Å². The number of nitrogens with zero attached hydrogens (tertiary/aromatic N) is 2. The Morgan fingerprint density at radius 3 is 2.71 bits per heavy atom. The van der Waals surface area contributed by atoms with Gasteiger partial charge in [0.05, 0.1) is 0 Å². The summed E-state index contributed by atoms with van der Waals surface area (Å²) >= 11 is 4.36. The van der Waals surface area contributed by atoms with Gasteiger partial charge in [-0.2, -0.15) is 12.6 Å². The molecule has 4 heteroatoms. The minimum atomic E-state index is 0.251. The van der Waals surface area contributed by atoms with Gasteiger partial charge in [0.2, 0.25) is 5.91 Å². The van der Waals surface area contributed by atoms with Crippen LogP contribution in [0.2, 0.25) is 0 Å². The Balaban J connectivity index is 1.75. The molecule has 0 aromatic carbocycles. The minimum Gasteiger partial charge on any atom is -0.345 e. The first-order valence-electron chi connectivity index (χ1n) is 6.58. The molecule has 2 fully saturated rings. The molecule has 1 saturated carbocycles. The third kappa shape index (κ3) is 3.38. The molecule has 0 N–H and O–H groups in total. The maximum absolute atomic E-state index is 12.1. The lowest BCUT2D eigenvalue weighted by Gasteiger charge is -2.23. The molecule has 1 saturated heterocycles. The molecule has 0 spiro atoms. The van der Waals surface area contributed by atoms with E-state index in [1.54, 1.807) is 0 Å². The van der Waals surface area contributed by atoms with Crippen molar-refractivity contribution in [1.82, 2.24) is 9.80 Å². The Bertz CT molecular complexity index is 291. The van der Waals surface area contributed by atoms with Crippen LogP contribution in [0.15, 0.2) is 0 Å². The molecule has 3 nitrogen and oxygen atoms in total. The van der Waals surface area contributed by atoms with Crippen molar-refractivity contribution in [2.45, 2.75) is 25.7 Å².